The molecule has 3 rings (SSSR count). The third-order valence-corrected chi connectivity index (χ3v) is 6.18. The maximum absolute atomic E-state index is 12.7. The summed E-state index contributed by atoms with van der Waals surface area (Å²) >= 11 is 0. The molecule has 1 aromatic carbocycles. The van der Waals surface area contributed by atoms with E-state index in [-0.39, 0.29) is 5.58 Å². The Hall–Kier alpha value is -3.17. The van der Waals surface area contributed by atoms with Crippen LogP contribution >= 0.6 is 0 Å². The first kappa shape index (κ1) is 27.4. The first-order valence-electron chi connectivity index (χ1n) is 10.4. The van der Waals surface area contributed by atoms with Crippen LogP contribution in [-0.4, -0.2) is 62.9 Å². The highest BCUT2D eigenvalue weighted by Gasteiger charge is 2.52. The van der Waals surface area contributed by atoms with Gasteiger partial charge in [-0.15, -0.1) is 0 Å². The molecule has 1 N–H and O–H groups in total. The summed E-state index contributed by atoms with van der Waals surface area (Å²) in [5.41, 5.74) is -5.65. The Morgan fingerprint density at radius 1 is 1.06 bits per heavy atom. The zero-order valence-corrected chi connectivity index (χ0v) is 19.9. The van der Waals surface area contributed by atoms with Crippen LogP contribution in [0.4, 0.5) is 18.9 Å². The average molecular weight is 537 g/mol. The molecule has 198 valence electrons. The number of hydrogen-bond donors (Lipinski definition) is 1. The molecular weight excluding hydrogens is 515 g/mol. The van der Waals surface area contributed by atoms with Gasteiger partial charge in [0.05, 0.1) is 18.8 Å². The van der Waals surface area contributed by atoms with Gasteiger partial charge >= 0.3 is 33.2 Å². The van der Waals surface area contributed by atoms with Crippen LogP contribution in [0, 0.1) is 0 Å². The van der Waals surface area contributed by atoms with Gasteiger partial charge in [-0.05, 0) is 25.1 Å². The summed E-state index contributed by atoms with van der Waals surface area (Å²) in [6.07, 6.45) is -5.35. The largest absolute Gasteiger partial charge is 0.523 e. The van der Waals surface area contributed by atoms with Crippen LogP contribution in [-0.2, 0) is 38.1 Å². The minimum absolute atomic E-state index is 0.237. The Kier molecular flexibility index (Phi) is 7.95. The van der Waals surface area contributed by atoms with Gasteiger partial charge in [0.2, 0.25) is 0 Å². The van der Waals surface area contributed by atoms with Crippen molar-refractivity contribution in [2.24, 2.45) is 0 Å². The number of halogens is 3. The molecule has 5 atom stereocenters. The molecule has 1 aliphatic heterocycles. The lowest BCUT2D eigenvalue weighted by Gasteiger charge is -2.44. The monoisotopic (exact) mass is 537 g/mol. The van der Waals surface area contributed by atoms with Gasteiger partial charge in [-0.2, -0.15) is 21.6 Å². The normalized spacial score (nSPS) is 24.8. The predicted octanol–water partition coefficient (Wildman–Crippen LogP) is 2.09. The molecular formula is C21H22F3NO10S. The number of benzene rings is 1. The zero-order chi connectivity index (χ0) is 26.8. The molecule has 2 aromatic rings. The zero-order valence-electron chi connectivity index (χ0n) is 19.1. The van der Waals surface area contributed by atoms with E-state index in [0.29, 0.717) is 11.1 Å². The number of carbonyl (C=O) groups is 2. The lowest BCUT2D eigenvalue weighted by Crippen LogP contribution is -2.63. The van der Waals surface area contributed by atoms with Gasteiger partial charge in [-0.3, -0.25) is 13.8 Å². The van der Waals surface area contributed by atoms with Gasteiger partial charge in [-0.1, -0.05) is 0 Å². The maximum atomic E-state index is 12.7. The highest BCUT2D eigenvalue weighted by molar-refractivity contribution is 7.87. The lowest BCUT2D eigenvalue weighted by atomic mass is 9.92. The highest BCUT2D eigenvalue weighted by Crippen LogP contribution is 2.31. The van der Waals surface area contributed by atoms with Crippen LogP contribution < -0.4 is 10.9 Å². The fourth-order valence-corrected chi connectivity index (χ4v) is 4.13. The van der Waals surface area contributed by atoms with E-state index in [1.807, 2.05) is 0 Å². The van der Waals surface area contributed by atoms with E-state index in [4.69, 9.17) is 18.6 Å². The van der Waals surface area contributed by atoms with Crippen LogP contribution in [0.25, 0.3) is 11.0 Å². The van der Waals surface area contributed by atoms with E-state index >= 15 is 0 Å². The van der Waals surface area contributed by atoms with E-state index in [0.717, 1.165) is 13.8 Å². The molecule has 11 nitrogen and oxygen atoms in total. The van der Waals surface area contributed by atoms with Gasteiger partial charge in [0.1, 0.15) is 11.7 Å². The number of ether oxygens (including phenoxy) is 3. The average Bonchev–Trinajstić information content (AvgIpc) is 2.75. The second kappa shape index (κ2) is 10.4. The molecule has 0 radical (unpaired) electrons. The standard InChI is InChI=1S/C21H22F3NO10S/c1-10-18(25-14-6-4-13-5-7-17(28)35-15(13)8-14)20(34-12(3)27)19(33-11(2)26)16(32-10)9-31-36(29,30)21(22,23)24/h4-8,10,16,18-20,25H,9H2,1-3H3/t10?,16?,18?,19-,20-/m0/s1. The van der Waals surface area contributed by atoms with Crippen molar-refractivity contribution in [2.75, 3.05) is 11.9 Å². The molecule has 0 bridgehead atoms. The molecule has 3 unspecified atom stereocenters. The van der Waals surface area contributed by atoms with Crippen LogP contribution in [0.3, 0.4) is 0 Å². The maximum Gasteiger partial charge on any atom is 0.523 e. The third kappa shape index (κ3) is 6.33. The number of carbonyl (C=O) groups excluding carboxylic acids is 2. The minimum Gasteiger partial charge on any atom is -0.456 e. The number of fused-ring (bicyclic) bond motifs is 1. The summed E-state index contributed by atoms with van der Waals surface area (Å²) in [4.78, 5) is 35.2. The molecule has 0 spiro atoms. The number of rotatable bonds is 7. The smallest absolute Gasteiger partial charge is 0.456 e. The molecule has 2 heterocycles. The number of anilines is 1. The SMILES string of the molecule is CC(=O)O[C@H]1C(COS(=O)(=O)C(F)(F)F)OC(C)C(Nc2ccc3ccc(=O)oc3c2)[C@@H]1OC(C)=O. The summed E-state index contributed by atoms with van der Waals surface area (Å²) in [5.74, 6) is -1.71. The van der Waals surface area contributed by atoms with Crippen molar-refractivity contribution in [3.05, 3.63) is 40.8 Å². The Labute approximate surface area is 202 Å². The molecule has 0 aliphatic carbocycles. The van der Waals surface area contributed by atoms with Gasteiger partial charge in [0, 0.05) is 37.1 Å². The summed E-state index contributed by atoms with van der Waals surface area (Å²) in [5, 5.41) is 3.64. The quantitative estimate of drug-likeness (QED) is 0.240. The highest BCUT2D eigenvalue weighted by atomic mass is 32.2. The third-order valence-electron chi connectivity index (χ3n) is 5.17. The van der Waals surface area contributed by atoms with E-state index in [1.54, 1.807) is 18.2 Å². The summed E-state index contributed by atoms with van der Waals surface area (Å²) in [6, 6.07) is 6.59. The molecule has 0 saturated carbocycles. The van der Waals surface area contributed by atoms with Gasteiger partial charge < -0.3 is 23.9 Å². The fourth-order valence-electron chi connectivity index (χ4n) is 3.69. The van der Waals surface area contributed by atoms with E-state index < -0.39 is 70.3 Å². The Morgan fingerprint density at radius 3 is 2.28 bits per heavy atom. The van der Waals surface area contributed by atoms with Gasteiger partial charge in [-0.25, -0.2) is 4.79 Å². The first-order chi connectivity index (χ1) is 16.7. The van der Waals surface area contributed by atoms with Crippen molar-refractivity contribution in [1.29, 1.82) is 0 Å². The number of nitrogens with one attached hydrogen (secondary N) is 1. The molecule has 1 saturated heterocycles. The first-order valence-corrected chi connectivity index (χ1v) is 11.8. The van der Waals surface area contributed by atoms with E-state index in [9.17, 15) is 36.0 Å². The Morgan fingerprint density at radius 2 is 1.67 bits per heavy atom. The summed E-state index contributed by atoms with van der Waals surface area (Å²) < 4.78 is 86.3. The molecule has 15 heteroatoms. The van der Waals surface area contributed by atoms with Gasteiger partial charge in [0.15, 0.2) is 12.2 Å². The Bertz CT molecular complexity index is 1290. The summed E-state index contributed by atoms with van der Waals surface area (Å²) in [6.45, 7) is 2.37. The van der Waals surface area contributed by atoms with E-state index in [2.05, 4.69) is 9.50 Å². The van der Waals surface area contributed by atoms with Crippen LogP contribution in [0.15, 0.2) is 39.5 Å². The van der Waals surface area contributed by atoms with Crippen LogP contribution in [0.5, 0.6) is 0 Å². The minimum atomic E-state index is -5.97. The number of esters is 2. The lowest BCUT2D eigenvalue weighted by molar-refractivity contribution is -0.212. The van der Waals surface area contributed by atoms with Crippen molar-refractivity contribution >= 4 is 38.7 Å². The van der Waals surface area contributed by atoms with Crippen molar-refractivity contribution in [1.82, 2.24) is 0 Å². The van der Waals surface area contributed by atoms with Crippen molar-refractivity contribution in [3.8, 4) is 0 Å². The second-order valence-electron chi connectivity index (χ2n) is 7.89. The van der Waals surface area contributed by atoms with E-state index in [1.165, 1.54) is 19.1 Å². The number of alkyl halides is 3. The predicted molar refractivity (Wildman–Crippen MR) is 116 cm³/mol. The molecule has 1 aliphatic rings. The molecule has 36 heavy (non-hydrogen) atoms. The topological polar surface area (TPSA) is 147 Å². The fraction of sp³-hybridized carbons (Fsp3) is 0.476. The van der Waals surface area contributed by atoms with Crippen LogP contribution in [0.2, 0.25) is 0 Å². The number of hydrogen-bond acceptors (Lipinski definition) is 11. The van der Waals surface area contributed by atoms with Crippen molar-refractivity contribution in [2.45, 2.75) is 56.7 Å². The van der Waals surface area contributed by atoms with Gasteiger partial charge in [0.25, 0.3) is 0 Å². The van der Waals surface area contributed by atoms with Crippen LogP contribution in [0.1, 0.15) is 20.8 Å². The van der Waals surface area contributed by atoms with Crippen molar-refractivity contribution in [3.63, 3.8) is 0 Å². The Balaban J connectivity index is 1.93. The second-order valence-corrected chi connectivity index (χ2v) is 9.50. The van der Waals surface area contributed by atoms with Crippen molar-refractivity contribution < 1.29 is 54.0 Å². The molecule has 1 aromatic heterocycles. The summed E-state index contributed by atoms with van der Waals surface area (Å²) in [7, 11) is -5.97. The molecule has 1 fully saturated rings. The molecule has 0 amide bonds.